The molecule has 0 saturated heterocycles. The maximum atomic E-state index is 9.48. The largest absolute Gasteiger partial charge is 1.00 e. The third kappa shape index (κ3) is 14.6. The average Bonchev–Trinajstić information content (AvgIpc) is 1.57. The molecule has 11 heavy (non-hydrogen) atoms. The second-order valence-corrected chi connectivity index (χ2v) is 2.92. The van der Waals surface area contributed by atoms with Crippen molar-refractivity contribution in [2.24, 2.45) is 0 Å². The van der Waals surface area contributed by atoms with Crippen molar-refractivity contribution < 1.29 is 104 Å². The van der Waals surface area contributed by atoms with Crippen molar-refractivity contribution >= 4 is 20.8 Å². The molecule has 0 atom stereocenters. The van der Waals surface area contributed by atoms with E-state index in [0.29, 0.717) is 0 Å². The molecule has 8 nitrogen and oxygen atoms in total. The second kappa shape index (κ2) is 5.51. The van der Waals surface area contributed by atoms with Gasteiger partial charge in [-0.2, -0.15) is 8.42 Å². The van der Waals surface area contributed by atoms with Gasteiger partial charge in [0.25, 0.3) is 0 Å². The van der Waals surface area contributed by atoms with Crippen LogP contribution in [0, 0.1) is 0 Å². The van der Waals surface area contributed by atoms with Crippen LogP contribution >= 0.6 is 0 Å². The molecule has 0 aliphatic rings. The SMILES string of the molecule is O=S(=O)([O-])OOS(=O)(=O)O.[Cs+]. The van der Waals surface area contributed by atoms with E-state index in [2.05, 4.69) is 8.67 Å². The van der Waals surface area contributed by atoms with Gasteiger partial charge in [0.05, 0.1) is 0 Å². The second-order valence-electron chi connectivity index (χ2n) is 0.972. The minimum atomic E-state index is -5.27. The van der Waals surface area contributed by atoms with Crippen molar-refractivity contribution in [2.45, 2.75) is 0 Å². The van der Waals surface area contributed by atoms with E-state index in [0.717, 1.165) is 0 Å². The first kappa shape index (κ1) is 15.3. The Morgan fingerprint density at radius 3 is 1.55 bits per heavy atom. The molecular formula is HCsO8S2. The maximum absolute atomic E-state index is 9.48. The summed E-state index contributed by atoms with van der Waals surface area (Å²) in [6, 6.07) is 0. The molecule has 0 heterocycles. The third-order valence-electron chi connectivity index (χ3n) is 0.197. The Hall–Kier alpha value is 1.79. The summed E-state index contributed by atoms with van der Waals surface area (Å²) in [5.41, 5.74) is 0. The predicted octanol–water partition coefficient (Wildman–Crippen LogP) is -4.80. The van der Waals surface area contributed by atoms with E-state index < -0.39 is 20.8 Å². The smallest absolute Gasteiger partial charge is 0.724 e. The monoisotopic (exact) mass is 326 g/mol. The Bertz CT molecular complexity index is 248. The predicted molar refractivity (Wildman–Crippen MR) is 23.4 cm³/mol. The van der Waals surface area contributed by atoms with Gasteiger partial charge < -0.3 is 4.55 Å². The van der Waals surface area contributed by atoms with Crippen LogP contribution in [0.15, 0.2) is 0 Å². The summed E-state index contributed by atoms with van der Waals surface area (Å²) < 4.78 is 60.2. The van der Waals surface area contributed by atoms with Gasteiger partial charge in [-0.3, -0.25) is 4.55 Å². The molecule has 0 unspecified atom stereocenters. The molecule has 0 aromatic rings. The summed E-state index contributed by atoms with van der Waals surface area (Å²) in [5.74, 6) is 0. The van der Waals surface area contributed by atoms with Crippen LogP contribution in [-0.2, 0) is 29.5 Å². The van der Waals surface area contributed by atoms with Gasteiger partial charge in [0.1, 0.15) is 0 Å². The van der Waals surface area contributed by atoms with Crippen LogP contribution < -0.4 is 68.9 Å². The van der Waals surface area contributed by atoms with Crippen molar-refractivity contribution in [3.8, 4) is 0 Å². The molecule has 0 amide bonds. The van der Waals surface area contributed by atoms with Gasteiger partial charge in [-0.15, -0.1) is 0 Å². The normalized spacial score (nSPS) is 12.2. The first-order chi connectivity index (χ1) is 4.21. The number of rotatable bonds is 3. The van der Waals surface area contributed by atoms with E-state index in [-0.39, 0.29) is 68.9 Å². The van der Waals surface area contributed by atoms with Gasteiger partial charge in [-0.25, -0.2) is 8.42 Å². The molecular weight excluding hydrogens is 325 g/mol. The van der Waals surface area contributed by atoms with Crippen molar-refractivity contribution in [3.63, 3.8) is 0 Å². The molecule has 0 saturated carbocycles. The van der Waals surface area contributed by atoms with Crippen LogP contribution in [0.3, 0.4) is 0 Å². The van der Waals surface area contributed by atoms with Crippen LogP contribution in [0.1, 0.15) is 0 Å². The van der Waals surface area contributed by atoms with Gasteiger partial charge in [0, 0.05) is 0 Å². The number of hydrogen-bond donors (Lipinski definition) is 1. The van der Waals surface area contributed by atoms with E-state index in [1.807, 2.05) is 0 Å². The summed E-state index contributed by atoms with van der Waals surface area (Å²) in [6.45, 7) is 0. The third-order valence-corrected chi connectivity index (χ3v) is 0.758. The fourth-order valence-corrected chi connectivity index (χ4v) is 0.622. The average molecular weight is 326 g/mol. The summed E-state index contributed by atoms with van der Waals surface area (Å²) in [6.07, 6.45) is 0. The van der Waals surface area contributed by atoms with Crippen LogP contribution in [-0.4, -0.2) is 25.9 Å². The first-order valence-electron chi connectivity index (χ1n) is 1.52. The van der Waals surface area contributed by atoms with Gasteiger partial charge in [-0.1, -0.05) is 8.67 Å². The Labute approximate surface area is 122 Å². The van der Waals surface area contributed by atoms with Crippen LogP contribution in [0.2, 0.25) is 0 Å². The summed E-state index contributed by atoms with van der Waals surface area (Å²) in [4.78, 5) is 0. The molecule has 0 aliphatic carbocycles. The van der Waals surface area contributed by atoms with Gasteiger partial charge in [0.2, 0.25) is 10.4 Å². The molecule has 0 aromatic heterocycles. The first-order valence-corrected chi connectivity index (χ1v) is 4.21. The molecule has 11 heteroatoms. The quantitative estimate of drug-likeness (QED) is 0.237. The molecule has 0 radical (unpaired) electrons. The van der Waals surface area contributed by atoms with Crippen LogP contribution in [0.25, 0.3) is 0 Å². The molecule has 0 rings (SSSR count). The molecule has 0 bridgehead atoms. The van der Waals surface area contributed by atoms with Crippen LogP contribution in [0.5, 0.6) is 0 Å². The van der Waals surface area contributed by atoms with E-state index >= 15 is 0 Å². The van der Waals surface area contributed by atoms with Gasteiger partial charge >= 0.3 is 79.3 Å². The van der Waals surface area contributed by atoms with Crippen molar-refractivity contribution in [2.75, 3.05) is 0 Å². The Kier molecular flexibility index (Phi) is 7.65. The van der Waals surface area contributed by atoms with Gasteiger partial charge in [-0.05, 0) is 0 Å². The molecule has 0 aromatic carbocycles. The van der Waals surface area contributed by atoms with E-state index in [1.54, 1.807) is 0 Å². The molecule has 0 aliphatic heterocycles. The minimum absolute atomic E-state index is 0. The molecule has 62 valence electrons. The zero-order chi connectivity index (χ0) is 8.41. The van der Waals surface area contributed by atoms with Crippen molar-refractivity contribution in [3.05, 3.63) is 0 Å². The summed E-state index contributed by atoms with van der Waals surface area (Å²) in [7, 11) is -10.3. The zero-order valence-corrected chi connectivity index (χ0v) is 13.0. The molecule has 0 fully saturated rings. The van der Waals surface area contributed by atoms with Crippen molar-refractivity contribution in [1.29, 1.82) is 0 Å². The number of hydrogen-bond acceptors (Lipinski definition) is 7. The van der Waals surface area contributed by atoms with E-state index in [9.17, 15) is 21.4 Å². The fraction of sp³-hybridized carbons (Fsp3) is 0. The maximum Gasteiger partial charge on any atom is 1.00 e. The Balaban J connectivity index is 0. The topological polar surface area (TPSA) is 130 Å². The van der Waals surface area contributed by atoms with Crippen LogP contribution in [0.4, 0.5) is 0 Å². The minimum Gasteiger partial charge on any atom is -0.724 e. The summed E-state index contributed by atoms with van der Waals surface area (Å²) in [5, 5.41) is 0. The summed E-state index contributed by atoms with van der Waals surface area (Å²) >= 11 is 0. The van der Waals surface area contributed by atoms with E-state index in [1.165, 1.54) is 0 Å². The molecule has 0 spiro atoms. The van der Waals surface area contributed by atoms with Crippen molar-refractivity contribution in [1.82, 2.24) is 0 Å². The molecule has 1 N–H and O–H groups in total. The van der Waals surface area contributed by atoms with Gasteiger partial charge in [0.15, 0.2) is 0 Å². The van der Waals surface area contributed by atoms with E-state index in [4.69, 9.17) is 4.55 Å². The Morgan fingerprint density at radius 1 is 1.09 bits per heavy atom. The standard InChI is InChI=1S/Cs.H2O8S2/c;1-9(2,3)7-8-10(4,5)6/h;(H,1,2,3)(H,4,5,6)/q+1;/p-1. The Morgan fingerprint density at radius 2 is 1.45 bits per heavy atom. The zero-order valence-electron chi connectivity index (χ0n) is 5.12. The fourth-order valence-electron chi connectivity index (χ4n) is 0.0691.